The van der Waals surface area contributed by atoms with Crippen molar-refractivity contribution in [1.82, 2.24) is 10.2 Å². The van der Waals surface area contributed by atoms with Crippen LogP contribution in [0.15, 0.2) is 18.2 Å². The van der Waals surface area contributed by atoms with Crippen LogP contribution in [-0.2, 0) is 6.54 Å². The van der Waals surface area contributed by atoms with Crippen molar-refractivity contribution in [2.45, 2.75) is 19.4 Å². The van der Waals surface area contributed by atoms with Gasteiger partial charge in [0.25, 0.3) is 0 Å². The molecule has 0 aliphatic carbocycles. The molecule has 0 amide bonds. The Kier molecular flexibility index (Phi) is 6.15. The van der Waals surface area contributed by atoms with Gasteiger partial charge in [-0.25, -0.2) is 0 Å². The van der Waals surface area contributed by atoms with Crippen LogP contribution in [0.4, 0.5) is 0 Å². The van der Waals surface area contributed by atoms with Gasteiger partial charge in [-0.2, -0.15) is 0 Å². The van der Waals surface area contributed by atoms with Gasteiger partial charge in [0.2, 0.25) is 0 Å². The van der Waals surface area contributed by atoms with E-state index in [4.69, 9.17) is 9.47 Å². The molecule has 5 heteroatoms. The largest absolute Gasteiger partial charge is 0.497 e. The van der Waals surface area contributed by atoms with E-state index in [9.17, 15) is 0 Å². The van der Waals surface area contributed by atoms with E-state index in [2.05, 4.69) is 16.3 Å². The van der Waals surface area contributed by atoms with Gasteiger partial charge in [0, 0.05) is 31.3 Å². The summed E-state index contributed by atoms with van der Waals surface area (Å²) in [6, 6.07) is 6.15. The lowest BCUT2D eigenvalue weighted by molar-refractivity contribution is 0.183. The minimum atomic E-state index is 0. The third-order valence-corrected chi connectivity index (χ3v) is 4.25. The predicted molar refractivity (Wildman–Crippen MR) is 86.6 cm³/mol. The molecular weight excluding hydrogens is 288 g/mol. The van der Waals surface area contributed by atoms with Gasteiger partial charge < -0.3 is 14.8 Å². The average molecular weight is 313 g/mol. The van der Waals surface area contributed by atoms with Gasteiger partial charge in [-0.15, -0.1) is 12.4 Å². The summed E-state index contributed by atoms with van der Waals surface area (Å²) in [5.74, 6) is 2.63. The molecule has 0 radical (unpaired) electrons. The number of hydrogen-bond acceptors (Lipinski definition) is 4. The van der Waals surface area contributed by atoms with Crippen LogP contribution in [0.2, 0.25) is 0 Å². The molecule has 118 valence electrons. The maximum Gasteiger partial charge on any atom is 0.127 e. The molecule has 1 aromatic rings. The molecular formula is C16H25ClN2O2. The fourth-order valence-corrected chi connectivity index (χ4v) is 3.13. The quantitative estimate of drug-likeness (QED) is 0.928. The molecule has 1 atom stereocenters. The molecule has 3 rings (SSSR count). The number of nitrogens with one attached hydrogen (secondary N) is 1. The molecule has 2 heterocycles. The van der Waals surface area contributed by atoms with Gasteiger partial charge in [0.15, 0.2) is 0 Å². The van der Waals surface area contributed by atoms with E-state index >= 15 is 0 Å². The van der Waals surface area contributed by atoms with E-state index in [1.54, 1.807) is 7.11 Å². The second-order valence-electron chi connectivity index (χ2n) is 5.77. The van der Waals surface area contributed by atoms with Gasteiger partial charge in [-0.3, -0.25) is 4.90 Å². The second kappa shape index (κ2) is 7.87. The highest BCUT2D eigenvalue weighted by molar-refractivity contribution is 5.85. The van der Waals surface area contributed by atoms with Gasteiger partial charge in [0.05, 0.1) is 7.11 Å². The summed E-state index contributed by atoms with van der Waals surface area (Å²) >= 11 is 0. The van der Waals surface area contributed by atoms with E-state index in [1.165, 1.54) is 31.5 Å². The zero-order chi connectivity index (χ0) is 13.8. The fourth-order valence-electron chi connectivity index (χ4n) is 3.13. The van der Waals surface area contributed by atoms with E-state index in [0.717, 1.165) is 43.7 Å². The van der Waals surface area contributed by atoms with Crippen LogP contribution in [0.25, 0.3) is 0 Å². The lowest BCUT2D eigenvalue weighted by Crippen LogP contribution is -2.38. The minimum Gasteiger partial charge on any atom is -0.497 e. The van der Waals surface area contributed by atoms with Crippen LogP contribution in [0.5, 0.6) is 11.5 Å². The highest BCUT2D eigenvalue weighted by Crippen LogP contribution is 2.28. The van der Waals surface area contributed by atoms with Crippen molar-refractivity contribution in [3.8, 4) is 11.5 Å². The van der Waals surface area contributed by atoms with Gasteiger partial charge >= 0.3 is 0 Å². The SMILES string of the molecule is COc1ccc2c(c1)OCCN(CC1CCCNC1)C2.Cl. The first-order valence-electron chi connectivity index (χ1n) is 7.58. The van der Waals surface area contributed by atoms with E-state index in [-0.39, 0.29) is 12.4 Å². The number of piperidine rings is 1. The molecule has 21 heavy (non-hydrogen) atoms. The van der Waals surface area contributed by atoms with Gasteiger partial charge in [0.1, 0.15) is 18.1 Å². The smallest absolute Gasteiger partial charge is 0.127 e. The molecule has 0 spiro atoms. The van der Waals surface area contributed by atoms with Crippen LogP contribution in [0, 0.1) is 5.92 Å². The van der Waals surface area contributed by atoms with Crippen LogP contribution >= 0.6 is 12.4 Å². The molecule has 0 bridgehead atoms. The first-order chi connectivity index (χ1) is 9.85. The average Bonchev–Trinajstić information content (AvgIpc) is 2.69. The Balaban J connectivity index is 0.00000161. The fraction of sp³-hybridized carbons (Fsp3) is 0.625. The molecule has 1 aromatic carbocycles. The number of fused-ring (bicyclic) bond motifs is 1. The maximum absolute atomic E-state index is 5.87. The normalized spacial score (nSPS) is 22.4. The molecule has 1 N–H and O–H groups in total. The van der Waals surface area contributed by atoms with E-state index in [0.29, 0.717) is 0 Å². The predicted octanol–water partition coefficient (Wildman–Crippen LogP) is 2.31. The van der Waals surface area contributed by atoms with Crippen LogP contribution in [0.3, 0.4) is 0 Å². The van der Waals surface area contributed by atoms with Crippen molar-refractivity contribution in [3.05, 3.63) is 23.8 Å². The molecule has 0 aromatic heterocycles. The Hall–Kier alpha value is -0.970. The van der Waals surface area contributed by atoms with Crippen LogP contribution in [-0.4, -0.2) is 44.8 Å². The van der Waals surface area contributed by atoms with Crippen molar-refractivity contribution < 1.29 is 9.47 Å². The Bertz CT molecular complexity index is 450. The molecule has 4 nitrogen and oxygen atoms in total. The number of benzene rings is 1. The molecule has 2 aliphatic heterocycles. The molecule has 1 saturated heterocycles. The Morgan fingerprint density at radius 2 is 2.33 bits per heavy atom. The number of nitrogens with zero attached hydrogens (tertiary/aromatic N) is 1. The topological polar surface area (TPSA) is 33.7 Å². The summed E-state index contributed by atoms with van der Waals surface area (Å²) in [6.45, 7) is 6.26. The van der Waals surface area contributed by atoms with E-state index < -0.39 is 0 Å². The number of halogens is 1. The summed E-state index contributed by atoms with van der Waals surface area (Å²) in [5, 5.41) is 3.50. The molecule has 1 unspecified atom stereocenters. The minimum absolute atomic E-state index is 0. The lowest BCUT2D eigenvalue weighted by Gasteiger charge is -2.28. The van der Waals surface area contributed by atoms with Crippen molar-refractivity contribution in [3.63, 3.8) is 0 Å². The molecule has 2 aliphatic rings. The van der Waals surface area contributed by atoms with E-state index in [1.807, 2.05) is 12.1 Å². The number of ether oxygens (including phenoxy) is 2. The summed E-state index contributed by atoms with van der Waals surface area (Å²) < 4.78 is 11.1. The Labute approximate surface area is 133 Å². The summed E-state index contributed by atoms with van der Waals surface area (Å²) in [4.78, 5) is 2.52. The maximum atomic E-state index is 5.87. The molecule has 1 fully saturated rings. The first kappa shape index (κ1) is 16.4. The van der Waals surface area contributed by atoms with Crippen LogP contribution in [0.1, 0.15) is 18.4 Å². The summed E-state index contributed by atoms with van der Waals surface area (Å²) in [5.41, 5.74) is 1.27. The monoisotopic (exact) mass is 312 g/mol. The molecule has 0 saturated carbocycles. The number of methoxy groups -OCH3 is 1. The zero-order valence-corrected chi connectivity index (χ0v) is 13.5. The third kappa shape index (κ3) is 4.25. The highest BCUT2D eigenvalue weighted by Gasteiger charge is 2.20. The Morgan fingerprint density at radius 3 is 3.10 bits per heavy atom. The number of rotatable bonds is 3. The second-order valence-corrected chi connectivity index (χ2v) is 5.77. The third-order valence-electron chi connectivity index (χ3n) is 4.25. The van der Waals surface area contributed by atoms with Crippen molar-refractivity contribution in [2.24, 2.45) is 5.92 Å². The van der Waals surface area contributed by atoms with Gasteiger partial charge in [-0.1, -0.05) is 6.07 Å². The highest BCUT2D eigenvalue weighted by atomic mass is 35.5. The number of hydrogen-bond donors (Lipinski definition) is 1. The summed E-state index contributed by atoms with van der Waals surface area (Å²) in [7, 11) is 1.70. The van der Waals surface area contributed by atoms with Crippen molar-refractivity contribution in [1.29, 1.82) is 0 Å². The summed E-state index contributed by atoms with van der Waals surface area (Å²) in [6.07, 6.45) is 2.66. The van der Waals surface area contributed by atoms with Crippen LogP contribution < -0.4 is 14.8 Å². The first-order valence-corrected chi connectivity index (χ1v) is 7.58. The lowest BCUT2D eigenvalue weighted by atomic mass is 9.99. The standard InChI is InChI=1S/C16H24N2O2.ClH/c1-19-15-5-4-14-12-18(7-8-20-16(14)9-15)11-13-3-2-6-17-10-13;/h4-5,9,13,17H,2-3,6-8,10-12H2,1H3;1H. The Morgan fingerprint density at radius 1 is 1.43 bits per heavy atom. The van der Waals surface area contributed by atoms with Crippen molar-refractivity contribution in [2.75, 3.05) is 39.9 Å². The van der Waals surface area contributed by atoms with Gasteiger partial charge in [-0.05, 0) is 37.9 Å². The zero-order valence-electron chi connectivity index (χ0n) is 12.6. The van der Waals surface area contributed by atoms with Crippen molar-refractivity contribution >= 4 is 12.4 Å².